The number of nitrogens with zero attached hydrogens (tertiary/aromatic N) is 3. The molecule has 1 aliphatic rings. The summed E-state index contributed by atoms with van der Waals surface area (Å²) in [6.45, 7) is 2.39. The number of ether oxygens (including phenoxy) is 1. The predicted molar refractivity (Wildman–Crippen MR) is 114 cm³/mol. The van der Waals surface area contributed by atoms with Gasteiger partial charge in [0, 0.05) is 18.9 Å². The highest BCUT2D eigenvalue weighted by atomic mass is 32.2. The van der Waals surface area contributed by atoms with Crippen molar-refractivity contribution in [2.75, 3.05) is 25.1 Å². The third-order valence-electron chi connectivity index (χ3n) is 5.25. The molecule has 0 unspecified atom stereocenters. The Balaban J connectivity index is 1.52. The van der Waals surface area contributed by atoms with Gasteiger partial charge < -0.3 is 20.1 Å². The number of anilines is 1. The molecule has 11 nitrogen and oxygen atoms in total. The fourth-order valence-electron chi connectivity index (χ4n) is 3.54. The molecule has 12 heteroatoms. The number of benzene rings is 1. The predicted octanol–water partition coefficient (Wildman–Crippen LogP) is 0.974. The SMILES string of the molecule is CC[C@@H](COS(N)(=O)=O)[C@@H](O)CNc1ncnc2nc(-c3cccc4c3OCC4)[nH]c12. The molecule has 2 atom stereocenters. The molecule has 31 heavy (non-hydrogen) atoms. The van der Waals surface area contributed by atoms with Crippen molar-refractivity contribution in [2.24, 2.45) is 11.1 Å². The van der Waals surface area contributed by atoms with Gasteiger partial charge in [0.25, 0.3) is 0 Å². The molecule has 2 aromatic heterocycles. The Labute approximate surface area is 179 Å². The molecule has 0 spiro atoms. The Morgan fingerprint density at radius 2 is 2.23 bits per heavy atom. The lowest BCUT2D eigenvalue weighted by Gasteiger charge is -2.21. The van der Waals surface area contributed by atoms with Gasteiger partial charge in [0.05, 0.1) is 24.9 Å². The lowest BCUT2D eigenvalue weighted by molar-refractivity contribution is 0.0840. The van der Waals surface area contributed by atoms with Crippen LogP contribution < -0.4 is 15.2 Å². The van der Waals surface area contributed by atoms with Crippen LogP contribution in [0.4, 0.5) is 5.82 Å². The summed E-state index contributed by atoms with van der Waals surface area (Å²) in [6, 6.07) is 5.93. The van der Waals surface area contributed by atoms with E-state index in [9.17, 15) is 13.5 Å². The fraction of sp³-hybridized carbons (Fsp3) is 0.421. The van der Waals surface area contributed by atoms with Crippen LogP contribution in [0.15, 0.2) is 24.5 Å². The molecule has 3 aromatic rings. The number of hydrogen-bond donors (Lipinski definition) is 4. The molecule has 0 saturated heterocycles. The molecular weight excluding hydrogens is 424 g/mol. The van der Waals surface area contributed by atoms with Gasteiger partial charge in [-0.2, -0.15) is 8.42 Å². The second kappa shape index (κ2) is 8.75. The number of aromatic amines is 1. The van der Waals surface area contributed by atoms with Crippen LogP contribution in [0.2, 0.25) is 0 Å². The number of hydrogen-bond acceptors (Lipinski definition) is 9. The third-order valence-corrected chi connectivity index (χ3v) is 5.72. The molecule has 0 aliphatic carbocycles. The topological polar surface area (TPSA) is 165 Å². The number of nitrogens with one attached hydrogen (secondary N) is 2. The summed E-state index contributed by atoms with van der Waals surface area (Å²) in [5.74, 6) is 1.48. The van der Waals surface area contributed by atoms with Crippen LogP contribution in [0.1, 0.15) is 18.9 Å². The van der Waals surface area contributed by atoms with Crippen molar-refractivity contribution in [1.82, 2.24) is 19.9 Å². The van der Waals surface area contributed by atoms with E-state index < -0.39 is 22.3 Å². The molecule has 0 saturated carbocycles. The smallest absolute Gasteiger partial charge is 0.333 e. The van der Waals surface area contributed by atoms with Gasteiger partial charge in [0.15, 0.2) is 11.5 Å². The van der Waals surface area contributed by atoms with Crippen molar-refractivity contribution < 1.29 is 22.4 Å². The maximum Gasteiger partial charge on any atom is 0.333 e. The maximum absolute atomic E-state index is 11.0. The summed E-state index contributed by atoms with van der Waals surface area (Å²) in [4.78, 5) is 16.3. The lowest BCUT2D eigenvalue weighted by Crippen LogP contribution is -2.33. The monoisotopic (exact) mass is 448 g/mol. The van der Waals surface area contributed by atoms with Crippen LogP contribution >= 0.6 is 0 Å². The molecule has 0 amide bonds. The summed E-state index contributed by atoms with van der Waals surface area (Å²) >= 11 is 0. The average molecular weight is 449 g/mol. The largest absolute Gasteiger partial charge is 0.492 e. The number of fused-ring (bicyclic) bond motifs is 2. The van der Waals surface area contributed by atoms with Crippen molar-refractivity contribution in [2.45, 2.75) is 25.9 Å². The standard InChI is InChI=1S/C19H24N6O5S/c1-2-11(9-30-31(20,27)28)14(26)8-21-18-15-19(23-10-22-18)25-17(24-15)13-5-3-4-12-6-7-29-16(12)13/h3-5,10-11,14,26H,2,6-9H2,1H3,(H2,20,27,28)(H2,21,22,23,24,25)/t11-,14-/m0/s1. The van der Waals surface area contributed by atoms with E-state index in [1.54, 1.807) is 0 Å². The molecule has 0 radical (unpaired) electrons. The van der Waals surface area contributed by atoms with Gasteiger partial charge in [0.1, 0.15) is 23.4 Å². The molecule has 4 rings (SSSR count). The Morgan fingerprint density at radius 1 is 1.39 bits per heavy atom. The molecule has 1 aromatic carbocycles. The van der Waals surface area contributed by atoms with E-state index in [1.165, 1.54) is 6.33 Å². The first-order valence-electron chi connectivity index (χ1n) is 9.90. The molecule has 0 bridgehead atoms. The zero-order chi connectivity index (χ0) is 22.0. The maximum atomic E-state index is 11.0. The minimum Gasteiger partial charge on any atom is -0.492 e. The third kappa shape index (κ3) is 4.77. The second-order valence-electron chi connectivity index (χ2n) is 7.29. The number of imidazole rings is 1. The van der Waals surface area contributed by atoms with E-state index in [4.69, 9.17) is 9.88 Å². The molecule has 166 valence electrons. The summed E-state index contributed by atoms with van der Waals surface area (Å²) in [5.41, 5.74) is 3.05. The molecule has 3 heterocycles. The van der Waals surface area contributed by atoms with Gasteiger partial charge in [-0.25, -0.2) is 20.1 Å². The molecule has 5 N–H and O–H groups in total. The zero-order valence-electron chi connectivity index (χ0n) is 16.9. The number of aromatic nitrogens is 4. The highest BCUT2D eigenvalue weighted by Gasteiger charge is 2.22. The quantitative estimate of drug-likeness (QED) is 0.373. The van der Waals surface area contributed by atoms with Gasteiger partial charge in [-0.05, 0) is 18.1 Å². The van der Waals surface area contributed by atoms with Crippen molar-refractivity contribution in [3.05, 3.63) is 30.1 Å². The van der Waals surface area contributed by atoms with E-state index in [0.717, 1.165) is 23.3 Å². The Bertz CT molecular complexity index is 1180. The summed E-state index contributed by atoms with van der Waals surface area (Å²) in [7, 11) is -4.06. The minimum absolute atomic E-state index is 0.122. The van der Waals surface area contributed by atoms with Crippen LogP contribution in [-0.2, 0) is 20.9 Å². The van der Waals surface area contributed by atoms with E-state index in [2.05, 4.69) is 29.4 Å². The number of aliphatic hydroxyl groups is 1. The first kappa shape index (κ1) is 21.4. The van der Waals surface area contributed by atoms with Crippen molar-refractivity contribution in [3.8, 4) is 17.1 Å². The van der Waals surface area contributed by atoms with Crippen LogP contribution in [0.3, 0.4) is 0 Å². The van der Waals surface area contributed by atoms with E-state index in [0.29, 0.717) is 35.8 Å². The highest BCUT2D eigenvalue weighted by Crippen LogP contribution is 2.36. The van der Waals surface area contributed by atoms with Crippen LogP contribution in [0.25, 0.3) is 22.6 Å². The van der Waals surface area contributed by atoms with E-state index in [1.807, 2.05) is 25.1 Å². The van der Waals surface area contributed by atoms with Crippen LogP contribution in [-0.4, -0.2) is 59.3 Å². The first-order valence-corrected chi connectivity index (χ1v) is 11.4. The first-order chi connectivity index (χ1) is 14.9. The van der Waals surface area contributed by atoms with Gasteiger partial charge in [0.2, 0.25) is 0 Å². The van der Waals surface area contributed by atoms with E-state index >= 15 is 0 Å². The highest BCUT2D eigenvalue weighted by molar-refractivity contribution is 7.84. The van der Waals surface area contributed by atoms with Crippen molar-refractivity contribution in [1.29, 1.82) is 0 Å². The van der Waals surface area contributed by atoms with E-state index in [-0.39, 0.29) is 13.2 Å². The minimum atomic E-state index is -4.06. The lowest BCUT2D eigenvalue weighted by atomic mass is 10.0. The summed E-state index contributed by atoms with van der Waals surface area (Å²) < 4.78 is 32.4. The number of aliphatic hydroxyl groups excluding tert-OH is 1. The number of rotatable bonds is 9. The average Bonchev–Trinajstić information content (AvgIpc) is 3.38. The number of nitrogens with two attached hydrogens (primary N) is 1. The van der Waals surface area contributed by atoms with Gasteiger partial charge in [-0.15, -0.1) is 0 Å². The van der Waals surface area contributed by atoms with Gasteiger partial charge >= 0.3 is 10.3 Å². The second-order valence-corrected chi connectivity index (χ2v) is 8.51. The van der Waals surface area contributed by atoms with Gasteiger partial charge in [-0.3, -0.25) is 4.18 Å². The van der Waals surface area contributed by atoms with Gasteiger partial charge in [-0.1, -0.05) is 19.1 Å². The zero-order valence-corrected chi connectivity index (χ0v) is 17.7. The molecule has 0 fully saturated rings. The van der Waals surface area contributed by atoms with Crippen molar-refractivity contribution >= 4 is 27.3 Å². The Hall–Kier alpha value is -2.80. The van der Waals surface area contributed by atoms with Crippen molar-refractivity contribution in [3.63, 3.8) is 0 Å². The number of para-hydroxylation sites is 1. The fourth-order valence-corrected chi connectivity index (χ4v) is 3.91. The Morgan fingerprint density at radius 3 is 3.00 bits per heavy atom. The Kier molecular flexibility index (Phi) is 6.05. The number of H-pyrrole nitrogens is 1. The molecular formula is C19H24N6O5S. The normalized spacial score (nSPS) is 15.5. The molecule has 1 aliphatic heterocycles. The van der Waals surface area contributed by atoms with Crippen LogP contribution in [0.5, 0.6) is 5.75 Å². The summed E-state index contributed by atoms with van der Waals surface area (Å²) in [6.07, 6.45) is 1.87. The summed E-state index contributed by atoms with van der Waals surface area (Å²) in [5, 5.41) is 18.4. The van der Waals surface area contributed by atoms with Crippen LogP contribution in [0, 0.1) is 5.92 Å².